The molecule has 5 nitrogen and oxygen atoms in total. The number of carboxylic acids is 1. The van der Waals surface area contributed by atoms with Gasteiger partial charge in [-0.05, 0) is 30.7 Å². The van der Waals surface area contributed by atoms with Crippen molar-refractivity contribution in [3.8, 4) is 5.75 Å². The Hall–Kier alpha value is -2.25. The summed E-state index contributed by atoms with van der Waals surface area (Å²) in [6.45, 7) is -1.20. The molecule has 1 heterocycles. The van der Waals surface area contributed by atoms with E-state index in [0.29, 0.717) is 0 Å². The van der Waals surface area contributed by atoms with E-state index in [-0.39, 0.29) is 17.9 Å². The zero-order valence-electron chi connectivity index (χ0n) is 10.7. The number of phenols is 1. The number of carbonyl (C=O) groups is 2. The number of hydrogen-bond acceptors (Lipinski definition) is 3. The predicted molar refractivity (Wildman–Crippen MR) is 64.8 cm³/mol. The summed E-state index contributed by atoms with van der Waals surface area (Å²) in [5.74, 6) is -2.75. The highest BCUT2D eigenvalue weighted by Gasteiger charge is 2.64. The molecule has 0 aliphatic carbocycles. The number of rotatable bonds is 2. The van der Waals surface area contributed by atoms with Crippen molar-refractivity contribution in [2.75, 3.05) is 13.1 Å². The van der Waals surface area contributed by atoms with E-state index in [9.17, 15) is 22.8 Å². The van der Waals surface area contributed by atoms with E-state index in [1.54, 1.807) is 0 Å². The first-order valence-corrected chi connectivity index (χ1v) is 6.06. The molecule has 0 aromatic heterocycles. The van der Waals surface area contributed by atoms with Crippen LogP contribution in [0, 0.1) is 5.41 Å². The third kappa shape index (κ3) is 2.53. The lowest BCUT2D eigenvalue weighted by Crippen LogP contribution is -2.47. The molecular formula is C13H12F3NO4. The fourth-order valence-electron chi connectivity index (χ4n) is 2.30. The topological polar surface area (TPSA) is 77.8 Å². The van der Waals surface area contributed by atoms with Crippen molar-refractivity contribution in [2.45, 2.75) is 12.6 Å². The number of hydrogen-bond donors (Lipinski definition) is 2. The molecule has 1 unspecified atom stereocenters. The van der Waals surface area contributed by atoms with Gasteiger partial charge >= 0.3 is 12.1 Å². The van der Waals surface area contributed by atoms with Crippen LogP contribution in [-0.4, -0.2) is 46.3 Å². The predicted octanol–water partition coefficient (Wildman–Crippen LogP) is 1.87. The van der Waals surface area contributed by atoms with Crippen LogP contribution in [0.15, 0.2) is 24.3 Å². The van der Waals surface area contributed by atoms with Gasteiger partial charge in [-0.3, -0.25) is 9.59 Å². The average Bonchev–Trinajstić information content (AvgIpc) is 2.84. The lowest BCUT2D eigenvalue weighted by atomic mass is 9.86. The van der Waals surface area contributed by atoms with E-state index in [4.69, 9.17) is 10.2 Å². The number of halogens is 3. The van der Waals surface area contributed by atoms with Crippen molar-refractivity contribution in [2.24, 2.45) is 5.41 Å². The second kappa shape index (κ2) is 4.94. The van der Waals surface area contributed by atoms with Gasteiger partial charge in [0.2, 0.25) is 0 Å². The summed E-state index contributed by atoms with van der Waals surface area (Å²) >= 11 is 0. The van der Waals surface area contributed by atoms with Crippen molar-refractivity contribution >= 4 is 11.9 Å². The van der Waals surface area contributed by atoms with E-state index in [2.05, 4.69) is 0 Å². The summed E-state index contributed by atoms with van der Waals surface area (Å²) in [4.78, 5) is 24.0. The van der Waals surface area contributed by atoms with Crippen molar-refractivity contribution < 1.29 is 33.0 Å². The summed E-state index contributed by atoms with van der Waals surface area (Å²) in [6.07, 6.45) is -5.60. The number of aliphatic carboxylic acids is 1. The summed E-state index contributed by atoms with van der Waals surface area (Å²) in [7, 11) is 0. The number of nitrogens with zero attached hydrogens (tertiary/aromatic N) is 1. The Morgan fingerprint density at radius 2 is 1.76 bits per heavy atom. The Bertz CT molecular complexity index is 570. The van der Waals surface area contributed by atoms with E-state index >= 15 is 0 Å². The van der Waals surface area contributed by atoms with Crippen LogP contribution in [0.3, 0.4) is 0 Å². The molecule has 8 heteroatoms. The van der Waals surface area contributed by atoms with Crippen LogP contribution in [0.5, 0.6) is 5.75 Å². The Balaban J connectivity index is 2.23. The number of aromatic hydroxyl groups is 1. The maximum Gasteiger partial charge on any atom is 0.406 e. The minimum atomic E-state index is -4.93. The molecule has 1 fully saturated rings. The fraction of sp³-hybridized carbons (Fsp3) is 0.385. The van der Waals surface area contributed by atoms with Crippen LogP contribution < -0.4 is 0 Å². The molecule has 0 spiro atoms. The Morgan fingerprint density at radius 3 is 2.19 bits per heavy atom. The van der Waals surface area contributed by atoms with Crippen molar-refractivity contribution in [3.05, 3.63) is 29.8 Å². The van der Waals surface area contributed by atoms with E-state index in [0.717, 1.165) is 4.90 Å². The molecule has 1 aromatic rings. The van der Waals surface area contributed by atoms with Crippen LogP contribution in [0.2, 0.25) is 0 Å². The molecule has 21 heavy (non-hydrogen) atoms. The average molecular weight is 303 g/mol. The van der Waals surface area contributed by atoms with Gasteiger partial charge in [-0.25, -0.2) is 0 Å². The Morgan fingerprint density at radius 1 is 1.19 bits per heavy atom. The van der Waals surface area contributed by atoms with Gasteiger partial charge in [0.05, 0.1) is 0 Å². The van der Waals surface area contributed by atoms with Crippen LogP contribution in [-0.2, 0) is 4.79 Å². The maximum absolute atomic E-state index is 13.0. The molecule has 1 amide bonds. The SMILES string of the molecule is O=C(c1ccc(O)cc1)N1CCC(C(=O)O)(C(F)(F)F)C1. The number of likely N-dealkylation sites (tertiary alicyclic amines) is 1. The van der Waals surface area contributed by atoms with Crippen LogP contribution in [0.4, 0.5) is 13.2 Å². The van der Waals surface area contributed by atoms with Gasteiger partial charge in [-0.1, -0.05) is 0 Å². The van der Waals surface area contributed by atoms with E-state index in [1.807, 2.05) is 0 Å². The van der Waals surface area contributed by atoms with Gasteiger partial charge in [-0.2, -0.15) is 13.2 Å². The molecule has 0 saturated carbocycles. The molecule has 1 aromatic carbocycles. The van der Waals surface area contributed by atoms with Crippen molar-refractivity contribution in [1.82, 2.24) is 4.90 Å². The molecular weight excluding hydrogens is 291 g/mol. The fourth-order valence-corrected chi connectivity index (χ4v) is 2.30. The molecule has 1 aliphatic heterocycles. The first kappa shape index (κ1) is 15.1. The monoisotopic (exact) mass is 303 g/mol. The van der Waals surface area contributed by atoms with E-state index < -0.39 is 36.4 Å². The Kier molecular flexibility index (Phi) is 3.56. The van der Waals surface area contributed by atoms with Gasteiger partial charge in [-0.15, -0.1) is 0 Å². The zero-order valence-corrected chi connectivity index (χ0v) is 10.7. The molecule has 1 atom stereocenters. The number of carboxylic acid groups (broad SMARTS) is 1. The molecule has 2 rings (SSSR count). The van der Waals surface area contributed by atoms with Gasteiger partial charge in [0.15, 0.2) is 5.41 Å². The quantitative estimate of drug-likeness (QED) is 0.874. The van der Waals surface area contributed by atoms with Crippen molar-refractivity contribution in [3.63, 3.8) is 0 Å². The zero-order chi connectivity index (χ0) is 15.8. The highest BCUT2D eigenvalue weighted by molar-refractivity contribution is 5.95. The minimum absolute atomic E-state index is 0.0804. The molecule has 114 valence electrons. The summed E-state index contributed by atoms with van der Waals surface area (Å²) in [5, 5.41) is 18.0. The standard InChI is InChI=1S/C13H12F3NO4/c14-13(15,16)12(11(20)21)5-6-17(7-12)10(19)8-1-3-9(18)4-2-8/h1-4,18H,5-7H2,(H,20,21). The largest absolute Gasteiger partial charge is 0.508 e. The van der Waals surface area contributed by atoms with Gasteiger partial charge in [0.1, 0.15) is 5.75 Å². The van der Waals surface area contributed by atoms with Crippen molar-refractivity contribution in [1.29, 1.82) is 0 Å². The van der Waals surface area contributed by atoms with Gasteiger partial charge in [0, 0.05) is 18.7 Å². The second-order valence-corrected chi connectivity index (χ2v) is 4.91. The number of alkyl halides is 3. The second-order valence-electron chi connectivity index (χ2n) is 4.91. The first-order valence-electron chi connectivity index (χ1n) is 6.06. The summed E-state index contributed by atoms with van der Waals surface area (Å²) < 4.78 is 39.0. The smallest absolute Gasteiger partial charge is 0.406 e. The number of amides is 1. The van der Waals surface area contributed by atoms with Gasteiger partial charge < -0.3 is 15.1 Å². The van der Waals surface area contributed by atoms with Gasteiger partial charge in [0.25, 0.3) is 5.91 Å². The van der Waals surface area contributed by atoms with Crippen LogP contribution in [0.1, 0.15) is 16.8 Å². The maximum atomic E-state index is 13.0. The molecule has 2 N–H and O–H groups in total. The molecule has 0 bridgehead atoms. The lowest BCUT2D eigenvalue weighted by Gasteiger charge is -2.27. The third-order valence-corrected chi connectivity index (χ3v) is 3.62. The molecule has 0 radical (unpaired) electrons. The third-order valence-electron chi connectivity index (χ3n) is 3.62. The molecule has 1 aliphatic rings. The lowest BCUT2D eigenvalue weighted by molar-refractivity contribution is -0.227. The van der Waals surface area contributed by atoms with Crippen LogP contribution in [0.25, 0.3) is 0 Å². The summed E-state index contributed by atoms with van der Waals surface area (Å²) in [5.41, 5.74) is -2.82. The number of benzene rings is 1. The van der Waals surface area contributed by atoms with E-state index in [1.165, 1.54) is 24.3 Å². The minimum Gasteiger partial charge on any atom is -0.508 e. The normalized spacial score (nSPS) is 22.3. The highest BCUT2D eigenvalue weighted by Crippen LogP contribution is 2.45. The first-order chi connectivity index (χ1) is 9.67. The highest BCUT2D eigenvalue weighted by atomic mass is 19.4. The Labute approximate surface area is 117 Å². The number of carbonyl (C=O) groups excluding carboxylic acids is 1. The molecule has 1 saturated heterocycles. The van der Waals surface area contributed by atoms with Crippen LogP contribution >= 0.6 is 0 Å². The number of phenolic OH excluding ortho intramolecular Hbond substituents is 1. The summed E-state index contributed by atoms with van der Waals surface area (Å²) in [6, 6.07) is 5.01.